The predicted molar refractivity (Wildman–Crippen MR) is 81.5 cm³/mol. The van der Waals surface area contributed by atoms with E-state index in [1.807, 2.05) is 6.92 Å². The molecule has 0 spiro atoms. The molecular weight excluding hydrogens is 324 g/mol. The van der Waals surface area contributed by atoms with Crippen LogP contribution in [0, 0.1) is 0 Å². The van der Waals surface area contributed by atoms with Crippen LogP contribution >= 0.6 is 11.3 Å². The van der Waals surface area contributed by atoms with Gasteiger partial charge < -0.3 is 0 Å². The zero-order valence-corrected chi connectivity index (χ0v) is 13.2. The number of anilines is 1. The van der Waals surface area contributed by atoms with Crippen molar-refractivity contribution in [3.8, 4) is 5.82 Å². The second-order valence-corrected chi connectivity index (χ2v) is 7.36. The zero-order chi connectivity index (χ0) is 15.6. The molecular formula is C12H12N6O2S2. The number of nitrogens with zero attached hydrogens (tertiary/aromatic N) is 5. The van der Waals surface area contributed by atoms with Crippen molar-refractivity contribution in [2.75, 3.05) is 4.72 Å². The first-order valence-corrected chi connectivity index (χ1v) is 8.67. The summed E-state index contributed by atoms with van der Waals surface area (Å²) in [6, 6.07) is 4.88. The summed E-state index contributed by atoms with van der Waals surface area (Å²) in [6.45, 7) is 1.98. The van der Waals surface area contributed by atoms with Crippen molar-refractivity contribution in [1.82, 2.24) is 24.7 Å². The van der Waals surface area contributed by atoms with E-state index < -0.39 is 10.0 Å². The molecule has 3 aromatic rings. The molecule has 0 saturated carbocycles. The van der Waals surface area contributed by atoms with Crippen molar-refractivity contribution in [1.29, 1.82) is 0 Å². The van der Waals surface area contributed by atoms with Crippen LogP contribution in [0.25, 0.3) is 5.82 Å². The van der Waals surface area contributed by atoms with Crippen molar-refractivity contribution in [2.24, 2.45) is 0 Å². The van der Waals surface area contributed by atoms with E-state index in [0.29, 0.717) is 5.82 Å². The van der Waals surface area contributed by atoms with Crippen LogP contribution in [0.3, 0.4) is 0 Å². The third-order valence-corrected chi connectivity index (χ3v) is 5.87. The van der Waals surface area contributed by atoms with Gasteiger partial charge in [-0.1, -0.05) is 6.92 Å². The van der Waals surface area contributed by atoms with Gasteiger partial charge in [0.15, 0.2) is 5.82 Å². The Bertz CT molecular complexity index is 873. The van der Waals surface area contributed by atoms with Crippen LogP contribution in [0.15, 0.2) is 41.4 Å². The Kier molecular flexibility index (Phi) is 3.86. The topological polar surface area (TPSA) is 103 Å². The fourth-order valence-electron chi connectivity index (χ4n) is 1.74. The van der Waals surface area contributed by atoms with E-state index in [9.17, 15) is 8.42 Å². The van der Waals surface area contributed by atoms with Gasteiger partial charge in [-0.3, -0.25) is 4.72 Å². The molecule has 0 unspecified atom stereocenters. The molecule has 114 valence electrons. The number of sulfonamides is 1. The van der Waals surface area contributed by atoms with E-state index in [4.69, 9.17) is 0 Å². The van der Waals surface area contributed by atoms with E-state index in [1.54, 1.807) is 12.1 Å². The molecule has 8 nitrogen and oxygen atoms in total. The summed E-state index contributed by atoms with van der Waals surface area (Å²) in [5, 5.41) is 3.94. The standard InChI is InChI=1S/C12H12N6O2S2/c1-2-9-3-4-12(21-9)22(19,20)17-10-5-11(15-7-14-10)18-8-13-6-16-18/h3-8H,2H2,1H3,(H,14,15,17). The van der Waals surface area contributed by atoms with Crippen molar-refractivity contribution >= 4 is 27.2 Å². The second-order valence-electron chi connectivity index (χ2n) is 4.28. The van der Waals surface area contributed by atoms with Gasteiger partial charge in [0.05, 0.1) is 0 Å². The van der Waals surface area contributed by atoms with Gasteiger partial charge in [0.25, 0.3) is 10.0 Å². The number of rotatable bonds is 5. The molecule has 0 aliphatic heterocycles. The lowest BCUT2D eigenvalue weighted by Crippen LogP contribution is -2.13. The Balaban J connectivity index is 1.88. The third kappa shape index (κ3) is 2.97. The van der Waals surface area contributed by atoms with Gasteiger partial charge in [-0.2, -0.15) is 5.10 Å². The largest absolute Gasteiger partial charge is 0.272 e. The van der Waals surface area contributed by atoms with E-state index >= 15 is 0 Å². The van der Waals surface area contributed by atoms with E-state index in [0.717, 1.165) is 11.3 Å². The highest BCUT2D eigenvalue weighted by molar-refractivity contribution is 7.94. The normalized spacial score (nSPS) is 11.5. The summed E-state index contributed by atoms with van der Waals surface area (Å²) in [5.41, 5.74) is 0. The Labute approximate surface area is 130 Å². The molecule has 0 fully saturated rings. The Morgan fingerprint density at radius 2 is 2.14 bits per heavy atom. The highest BCUT2D eigenvalue weighted by Gasteiger charge is 2.17. The summed E-state index contributed by atoms with van der Waals surface area (Å²) in [7, 11) is -3.66. The summed E-state index contributed by atoms with van der Waals surface area (Å²) in [4.78, 5) is 12.8. The number of hydrogen-bond donors (Lipinski definition) is 1. The van der Waals surface area contributed by atoms with Gasteiger partial charge in [0, 0.05) is 10.9 Å². The van der Waals surface area contributed by atoms with Crippen LogP contribution in [0.1, 0.15) is 11.8 Å². The Morgan fingerprint density at radius 1 is 1.27 bits per heavy atom. The van der Waals surface area contributed by atoms with Gasteiger partial charge in [-0.05, 0) is 18.6 Å². The average Bonchev–Trinajstić information content (AvgIpc) is 3.19. The molecule has 3 heterocycles. The minimum atomic E-state index is -3.66. The molecule has 0 amide bonds. The lowest BCUT2D eigenvalue weighted by atomic mass is 10.4. The minimum Gasteiger partial charge on any atom is -0.263 e. The lowest BCUT2D eigenvalue weighted by Gasteiger charge is -2.06. The van der Waals surface area contributed by atoms with E-state index in [2.05, 4.69) is 24.8 Å². The first-order valence-electron chi connectivity index (χ1n) is 6.37. The Hall–Kier alpha value is -2.33. The summed E-state index contributed by atoms with van der Waals surface area (Å²) < 4.78 is 28.8. The third-order valence-electron chi connectivity index (χ3n) is 2.80. The lowest BCUT2D eigenvalue weighted by molar-refractivity contribution is 0.603. The van der Waals surface area contributed by atoms with Crippen LogP contribution in [-0.2, 0) is 16.4 Å². The molecule has 3 aromatic heterocycles. The van der Waals surface area contributed by atoms with Gasteiger partial charge in [0.1, 0.15) is 29.0 Å². The predicted octanol–water partition coefficient (Wildman–Crippen LogP) is 1.48. The van der Waals surface area contributed by atoms with E-state index in [-0.39, 0.29) is 10.0 Å². The molecule has 10 heteroatoms. The Morgan fingerprint density at radius 3 is 2.82 bits per heavy atom. The van der Waals surface area contributed by atoms with Crippen LogP contribution < -0.4 is 4.72 Å². The number of aryl methyl sites for hydroxylation is 1. The maximum absolute atomic E-state index is 12.3. The van der Waals surface area contributed by atoms with Gasteiger partial charge in [0.2, 0.25) is 0 Å². The fraction of sp³-hybridized carbons (Fsp3) is 0.167. The molecule has 0 radical (unpaired) electrons. The van der Waals surface area contributed by atoms with Crippen LogP contribution in [0.2, 0.25) is 0 Å². The van der Waals surface area contributed by atoms with Gasteiger partial charge in [-0.15, -0.1) is 11.3 Å². The molecule has 0 saturated heterocycles. The number of aromatic nitrogens is 5. The first kappa shape index (κ1) is 14.6. The van der Waals surface area contributed by atoms with Crippen LogP contribution in [-0.4, -0.2) is 33.2 Å². The fourth-order valence-corrected chi connectivity index (χ4v) is 4.03. The molecule has 0 atom stereocenters. The van der Waals surface area contributed by atoms with Crippen molar-refractivity contribution in [3.05, 3.63) is 42.1 Å². The van der Waals surface area contributed by atoms with E-state index in [1.165, 1.54) is 41.1 Å². The summed E-state index contributed by atoms with van der Waals surface area (Å²) in [6.07, 6.45) is 4.89. The second kappa shape index (κ2) is 5.81. The highest BCUT2D eigenvalue weighted by atomic mass is 32.2. The maximum Gasteiger partial charge on any atom is 0.272 e. The van der Waals surface area contributed by atoms with Crippen molar-refractivity contribution < 1.29 is 8.42 Å². The maximum atomic E-state index is 12.3. The molecule has 3 rings (SSSR count). The highest BCUT2D eigenvalue weighted by Crippen LogP contribution is 2.24. The van der Waals surface area contributed by atoms with Crippen molar-refractivity contribution in [3.63, 3.8) is 0 Å². The molecule has 0 aromatic carbocycles. The molecule has 1 N–H and O–H groups in total. The number of hydrogen-bond acceptors (Lipinski definition) is 7. The smallest absolute Gasteiger partial charge is 0.263 e. The summed E-state index contributed by atoms with van der Waals surface area (Å²) in [5.74, 6) is 0.595. The van der Waals surface area contributed by atoms with Gasteiger partial charge >= 0.3 is 0 Å². The van der Waals surface area contributed by atoms with Crippen LogP contribution in [0.5, 0.6) is 0 Å². The number of nitrogens with one attached hydrogen (secondary N) is 1. The SMILES string of the molecule is CCc1ccc(S(=O)(=O)Nc2cc(-n3cncn3)ncn2)s1. The quantitative estimate of drug-likeness (QED) is 0.757. The van der Waals surface area contributed by atoms with Gasteiger partial charge in [-0.25, -0.2) is 28.1 Å². The average molecular weight is 336 g/mol. The zero-order valence-electron chi connectivity index (χ0n) is 11.5. The molecule has 0 aliphatic rings. The van der Waals surface area contributed by atoms with Crippen LogP contribution in [0.4, 0.5) is 5.82 Å². The minimum absolute atomic E-state index is 0.173. The summed E-state index contributed by atoms with van der Waals surface area (Å²) >= 11 is 1.24. The number of thiophene rings is 1. The first-order chi connectivity index (χ1) is 10.6. The molecule has 0 bridgehead atoms. The van der Waals surface area contributed by atoms with Crippen molar-refractivity contribution in [2.45, 2.75) is 17.6 Å². The molecule has 22 heavy (non-hydrogen) atoms. The monoisotopic (exact) mass is 336 g/mol. The molecule has 0 aliphatic carbocycles.